The zero-order valence-electron chi connectivity index (χ0n) is 20.4. The van der Waals surface area contributed by atoms with Crippen LogP contribution in [-0.2, 0) is 11.0 Å². The van der Waals surface area contributed by atoms with Gasteiger partial charge in [0, 0.05) is 34.7 Å². The Labute approximate surface area is 265 Å². The summed E-state index contributed by atoms with van der Waals surface area (Å²) in [4.78, 5) is 38.2. The van der Waals surface area contributed by atoms with E-state index in [0.29, 0.717) is 28.3 Å². The second-order valence-electron chi connectivity index (χ2n) is 7.95. The fourth-order valence-corrected chi connectivity index (χ4v) is 4.54. The van der Waals surface area contributed by atoms with Crippen LogP contribution in [0.5, 0.6) is 5.75 Å². The van der Waals surface area contributed by atoms with Gasteiger partial charge in [-0.1, -0.05) is 54.1 Å². The predicted molar refractivity (Wildman–Crippen MR) is 129 cm³/mol. The van der Waals surface area contributed by atoms with Crippen LogP contribution in [0.4, 0.5) is 4.39 Å². The number of H-pyrrole nitrogens is 1. The molecule has 1 N–H and O–H groups in total. The second-order valence-corrected chi connectivity index (χ2v) is 9.46. The molecule has 0 aliphatic heterocycles. The Morgan fingerprint density at radius 2 is 1.68 bits per heavy atom. The molecule has 13 heteroatoms. The summed E-state index contributed by atoms with van der Waals surface area (Å²) in [6, 6.07) is 20.8. The Morgan fingerprint density at radius 3 is 2.34 bits per heavy atom. The summed E-state index contributed by atoms with van der Waals surface area (Å²) in [5.41, 5.74) is 2.81. The molecular formula is C25H16ClFN3Na2O5P. The molecule has 0 radical (unpaired) electrons. The maximum Gasteiger partial charge on any atom is 1.00 e. The van der Waals surface area contributed by atoms with Crippen LogP contribution in [0.3, 0.4) is 0 Å². The van der Waals surface area contributed by atoms with E-state index in [1.54, 1.807) is 24.3 Å². The number of hydrogen-bond acceptors (Lipinski definition) is 6. The maximum atomic E-state index is 13.9. The summed E-state index contributed by atoms with van der Waals surface area (Å²) >= 11 is 6.08. The van der Waals surface area contributed by atoms with E-state index in [9.17, 15) is 23.5 Å². The molecule has 182 valence electrons. The number of aromatic nitrogens is 3. The molecule has 0 bridgehead atoms. The van der Waals surface area contributed by atoms with Crippen LogP contribution in [0, 0.1) is 5.82 Å². The Morgan fingerprint density at radius 1 is 1.00 bits per heavy atom. The number of phosphoric acid groups is 1. The summed E-state index contributed by atoms with van der Waals surface area (Å²) < 4.78 is 31.2. The van der Waals surface area contributed by atoms with Crippen LogP contribution in [0.15, 0.2) is 83.7 Å². The number of nitrogens with zero attached hydrogens (tertiary/aromatic N) is 2. The van der Waals surface area contributed by atoms with Gasteiger partial charge in [0.25, 0.3) is 5.56 Å². The number of benzene rings is 3. The van der Waals surface area contributed by atoms with E-state index in [-0.39, 0.29) is 70.4 Å². The Kier molecular flexibility index (Phi) is 10.2. The second kappa shape index (κ2) is 12.6. The molecule has 0 amide bonds. The first-order valence-electron chi connectivity index (χ1n) is 10.6. The summed E-state index contributed by atoms with van der Waals surface area (Å²) in [5, 5.41) is 5.25. The number of hydrogen-bond donors (Lipinski definition) is 1. The molecule has 8 nitrogen and oxygen atoms in total. The Bertz CT molecular complexity index is 1690. The first-order valence-corrected chi connectivity index (χ1v) is 12.5. The minimum absolute atomic E-state index is 0. The zero-order chi connectivity index (χ0) is 25.4. The first kappa shape index (κ1) is 30.8. The molecule has 0 aliphatic rings. The van der Waals surface area contributed by atoms with Gasteiger partial charge in [-0.05, 0) is 35.4 Å². The van der Waals surface area contributed by atoms with Crippen LogP contribution in [0.1, 0.15) is 11.3 Å². The summed E-state index contributed by atoms with van der Waals surface area (Å²) in [6.07, 6.45) is 0.408. The molecule has 5 rings (SSSR count). The number of halogens is 2. The molecule has 0 saturated heterocycles. The van der Waals surface area contributed by atoms with E-state index in [2.05, 4.69) is 9.51 Å². The van der Waals surface area contributed by atoms with Crippen molar-refractivity contribution in [1.29, 1.82) is 0 Å². The van der Waals surface area contributed by atoms with Crippen molar-refractivity contribution in [3.63, 3.8) is 0 Å². The van der Waals surface area contributed by atoms with Crippen LogP contribution < -0.4 is 79.0 Å². The van der Waals surface area contributed by atoms with Gasteiger partial charge in [-0.15, -0.1) is 0 Å². The fourth-order valence-electron chi connectivity index (χ4n) is 4.02. The van der Waals surface area contributed by atoms with Crippen LogP contribution in [-0.4, -0.2) is 14.6 Å². The fraction of sp³-hybridized carbons (Fsp3) is 0.0400. The van der Waals surface area contributed by atoms with Crippen LogP contribution in [0.2, 0.25) is 5.02 Å². The summed E-state index contributed by atoms with van der Waals surface area (Å²) in [7, 11) is -5.52. The minimum Gasteiger partial charge on any atom is -0.780 e. The van der Waals surface area contributed by atoms with E-state index in [1.165, 1.54) is 16.6 Å². The van der Waals surface area contributed by atoms with E-state index < -0.39 is 24.9 Å². The SMILES string of the molecule is O=c1cc(-c2ccc(F)cc2OP(=O)([O-])[O-])n2nc(Cc3ccccc3)c(-c3ccc(Cl)cc3)c2[nH]1.[Na+].[Na+]. The van der Waals surface area contributed by atoms with Gasteiger partial charge in [0.15, 0.2) is 0 Å². The summed E-state index contributed by atoms with van der Waals surface area (Å²) in [6.45, 7) is 0. The van der Waals surface area contributed by atoms with Gasteiger partial charge < -0.3 is 23.9 Å². The van der Waals surface area contributed by atoms with Crippen molar-refractivity contribution in [3.05, 3.63) is 111 Å². The molecule has 0 atom stereocenters. The number of aromatic amines is 1. The molecular weight excluding hydrogens is 554 g/mol. The molecule has 3 aromatic carbocycles. The van der Waals surface area contributed by atoms with Crippen molar-refractivity contribution in [2.45, 2.75) is 6.42 Å². The standard InChI is InChI=1S/C25H18ClFN3O5P.2Na/c26-17-8-6-16(7-9-17)24-20(12-15-4-2-1-3-5-15)29-30-21(14-23(31)28-25(24)30)19-11-10-18(27)13-22(19)35-36(32,33)34;;/h1-11,13-14H,12H2,(H,28,31)(H2,32,33,34);;/q;2*+1/p-2. The molecule has 0 saturated carbocycles. The van der Waals surface area contributed by atoms with E-state index in [1.807, 2.05) is 30.3 Å². The van der Waals surface area contributed by atoms with Crippen LogP contribution >= 0.6 is 19.4 Å². The molecule has 0 fully saturated rings. The number of nitrogens with one attached hydrogen (secondary N) is 1. The van der Waals surface area contributed by atoms with Gasteiger partial charge in [0.1, 0.15) is 25.0 Å². The third-order valence-electron chi connectivity index (χ3n) is 5.47. The van der Waals surface area contributed by atoms with E-state index in [0.717, 1.165) is 23.3 Å². The zero-order valence-corrected chi connectivity index (χ0v) is 26.0. The Hall–Kier alpha value is -1.75. The van der Waals surface area contributed by atoms with Crippen molar-refractivity contribution in [1.82, 2.24) is 14.6 Å². The normalized spacial score (nSPS) is 11.1. The molecule has 0 spiro atoms. The number of phosphoric ester groups is 1. The third kappa shape index (κ3) is 6.87. The Balaban J connectivity index is 0.00000200. The predicted octanol–water partition coefficient (Wildman–Crippen LogP) is -2.04. The van der Waals surface area contributed by atoms with E-state index >= 15 is 0 Å². The van der Waals surface area contributed by atoms with Gasteiger partial charge in [-0.25, -0.2) is 8.91 Å². The van der Waals surface area contributed by atoms with Crippen molar-refractivity contribution in [2.24, 2.45) is 0 Å². The smallest absolute Gasteiger partial charge is 0.780 e. The van der Waals surface area contributed by atoms with Gasteiger partial charge in [0.2, 0.25) is 0 Å². The summed E-state index contributed by atoms with van der Waals surface area (Å²) in [5.74, 6) is -1.38. The van der Waals surface area contributed by atoms with Crippen molar-refractivity contribution in [3.8, 4) is 28.1 Å². The van der Waals surface area contributed by atoms with E-state index in [4.69, 9.17) is 16.7 Å². The molecule has 0 unspecified atom stereocenters. The molecule has 5 aromatic rings. The third-order valence-corrected chi connectivity index (χ3v) is 6.14. The topological polar surface area (TPSA) is 123 Å². The quantitative estimate of drug-likeness (QED) is 0.186. The van der Waals surface area contributed by atoms with Crippen molar-refractivity contribution in [2.75, 3.05) is 0 Å². The van der Waals surface area contributed by atoms with Crippen molar-refractivity contribution >= 4 is 25.1 Å². The average molecular weight is 570 g/mol. The minimum atomic E-state index is -5.52. The molecule has 0 aliphatic carbocycles. The van der Waals surface area contributed by atoms with Gasteiger partial charge in [0.05, 0.1) is 11.4 Å². The average Bonchev–Trinajstić information content (AvgIpc) is 3.16. The first-order chi connectivity index (χ1) is 17.2. The van der Waals surface area contributed by atoms with Gasteiger partial charge in [-0.2, -0.15) is 5.10 Å². The maximum absolute atomic E-state index is 13.9. The van der Waals surface area contributed by atoms with Crippen LogP contribution in [0.25, 0.3) is 28.0 Å². The molecule has 2 aromatic heterocycles. The number of rotatable bonds is 6. The van der Waals surface area contributed by atoms with Gasteiger partial charge in [-0.3, -0.25) is 4.79 Å². The molecule has 2 heterocycles. The largest absolute Gasteiger partial charge is 1.00 e. The van der Waals surface area contributed by atoms with Gasteiger partial charge >= 0.3 is 59.1 Å². The number of fused-ring (bicyclic) bond motifs is 1. The monoisotopic (exact) mass is 569 g/mol. The van der Waals surface area contributed by atoms with Crippen molar-refractivity contribution < 1.29 is 82.4 Å². The molecule has 38 heavy (non-hydrogen) atoms.